The average molecular weight is 425 g/mol. The molecule has 26 heavy (non-hydrogen) atoms. The number of hydrogen-bond donors (Lipinski definition) is 0. The molecule has 0 heterocycles. The van der Waals surface area contributed by atoms with Crippen LogP contribution in [0, 0.1) is 5.92 Å². The Labute approximate surface area is 166 Å². The second kappa shape index (κ2) is 8.29. The van der Waals surface area contributed by atoms with E-state index in [-0.39, 0.29) is 22.9 Å². The van der Waals surface area contributed by atoms with Crippen LogP contribution in [0.3, 0.4) is 0 Å². The van der Waals surface area contributed by atoms with Gasteiger partial charge in [0.25, 0.3) is 0 Å². The van der Waals surface area contributed by atoms with Crippen molar-refractivity contribution in [3.05, 3.63) is 91.0 Å². The standard InChI is InChI=1S/C23H22OP.BrH/c24-23(19-16-17-19)18-25(20-10-4-1-5-11-20,21-12-6-2-7-13-21)22-14-8-3-9-15-22;/h1-15,19H,16-18H2;1H/q+1;/p-1. The molecule has 0 atom stereocenters. The van der Waals surface area contributed by atoms with Gasteiger partial charge in [0.2, 0.25) is 0 Å². The van der Waals surface area contributed by atoms with Gasteiger partial charge in [0, 0.05) is 5.92 Å². The maximum atomic E-state index is 13.0. The maximum absolute atomic E-state index is 13.0. The predicted molar refractivity (Wildman–Crippen MR) is 108 cm³/mol. The first kappa shape index (κ1) is 19.0. The molecule has 3 aromatic carbocycles. The molecule has 1 fully saturated rings. The van der Waals surface area contributed by atoms with Gasteiger partial charge in [-0.05, 0) is 49.2 Å². The lowest BCUT2D eigenvalue weighted by Crippen LogP contribution is -3.00. The molecule has 0 spiro atoms. The zero-order valence-electron chi connectivity index (χ0n) is 14.6. The molecule has 0 aromatic heterocycles. The van der Waals surface area contributed by atoms with Gasteiger partial charge in [-0.1, -0.05) is 54.6 Å². The Hall–Kier alpha value is -1.76. The van der Waals surface area contributed by atoms with Gasteiger partial charge in [0.1, 0.15) is 29.3 Å². The Kier molecular flexibility index (Phi) is 6.06. The average Bonchev–Trinajstić information content (AvgIpc) is 3.53. The van der Waals surface area contributed by atoms with Crippen LogP contribution in [-0.2, 0) is 4.79 Å². The fraction of sp³-hybridized carbons (Fsp3) is 0.174. The van der Waals surface area contributed by atoms with Crippen molar-refractivity contribution in [2.45, 2.75) is 12.8 Å². The summed E-state index contributed by atoms with van der Waals surface area (Å²) >= 11 is 0. The van der Waals surface area contributed by atoms with Gasteiger partial charge in [0.15, 0.2) is 5.78 Å². The van der Waals surface area contributed by atoms with E-state index in [1.54, 1.807) is 0 Å². The number of Topliss-reactive ketones (excluding diaryl/α,β-unsaturated/α-hetero) is 1. The molecule has 0 N–H and O–H groups in total. The lowest BCUT2D eigenvalue weighted by molar-refractivity contribution is -0.117. The minimum absolute atomic E-state index is 0. The summed E-state index contributed by atoms with van der Waals surface area (Å²) in [6, 6.07) is 31.9. The van der Waals surface area contributed by atoms with Gasteiger partial charge in [-0.3, -0.25) is 4.79 Å². The molecule has 0 unspecified atom stereocenters. The predicted octanol–water partition coefficient (Wildman–Crippen LogP) is 0.964. The third-order valence-corrected chi connectivity index (χ3v) is 9.34. The Morgan fingerprint density at radius 3 is 1.35 bits per heavy atom. The Balaban J connectivity index is 0.00000196. The molecule has 0 radical (unpaired) electrons. The summed E-state index contributed by atoms with van der Waals surface area (Å²) in [6.07, 6.45) is 2.77. The van der Waals surface area contributed by atoms with E-state index in [9.17, 15) is 4.79 Å². The summed E-state index contributed by atoms with van der Waals surface area (Å²) < 4.78 is 0. The van der Waals surface area contributed by atoms with Crippen LogP contribution in [0.4, 0.5) is 0 Å². The summed E-state index contributed by atoms with van der Waals surface area (Å²) in [6.45, 7) is 0. The first-order chi connectivity index (χ1) is 12.3. The van der Waals surface area contributed by atoms with Crippen LogP contribution in [0.25, 0.3) is 0 Å². The minimum Gasteiger partial charge on any atom is -1.00 e. The molecule has 3 heteroatoms. The van der Waals surface area contributed by atoms with Crippen molar-refractivity contribution < 1.29 is 21.8 Å². The van der Waals surface area contributed by atoms with Crippen LogP contribution < -0.4 is 32.9 Å². The second-order valence-corrected chi connectivity index (χ2v) is 10.2. The summed E-state index contributed by atoms with van der Waals surface area (Å²) in [5.74, 6) is 0.723. The monoisotopic (exact) mass is 424 g/mol. The SMILES string of the molecule is O=C(C[P+](c1ccccc1)(c1ccccc1)c1ccccc1)C1CC1.[Br-]. The molecule has 1 nitrogen and oxygen atoms in total. The Morgan fingerprint density at radius 2 is 1.04 bits per heavy atom. The minimum atomic E-state index is -1.97. The van der Waals surface area contributed by atoms with Crippen molar-refractivity contribution in [1.82, 2.24) is 0 Å². The Bertz CT molecular complexity index is 748. The van der Waals surface area contributed by atoms with Gasteiger partial charge in [-0.15, -0.1) is 0 Å². The third kappa shape index (κ3) is 3.68. The van der Waals surface area contributed by atoms with Crippen molar-refractivity contribution in [1.29, 1.82) is 0 Å². The van der Waals surface area contributed by atoms with Gasteiger partial charge in [-0.2, -0.15) is 0 Å². The fourth-order valence-corrected chi connectivity index (χ4v) is 7.75. The number of rotatable bonds is 6. The van der Waals surface area contributed by atoms with E-state index in [1.807, 2.05) is 0 Å². The highest BCUT2D eigenvalue weighted by Gasteiger charge is 2.49. The van der Waals surface area contributed by atoms with Gasteiger partial charge < -0.3 is 17.0 Å². The molecule has 0 amide bonds. The van der Waals surface area contributed by atoms with Crippen LogP contribution in [0.15, 0.2) is 91.0 Å². The van der Waals surface area contributed by atoms with Crippen LogP contribution in [0.2, 0.25) is 0 Å². The first-order valence-electron chi connectivity index (χ1n) is 8.88. The summed E-state index contributed by atoms with van der Waals surface area (Å²) in [5.41, 5.74) is 0. The second-order valence-electron chi connectivity index (χ2n) is 6.72. The number of hydrogen-bond acceptors (Lipinski definition) is 1. The van der Waals surface area contributed by atoms with Crippen LogP contribution in [0.1, 0.15) is 12.8 Å². The molecule has 132 valence electrons. The normalized spacial score (nSPS) is 13.7. The molecule has 1 saturated carbocycles. The number of carbonyl (C=O) groups is 1. The highest BCUT2D eigenvalue weighted by atomic mass is 79.9. The molecule has 1 aliphatic carbocycles. The molecular weight excluding hydrogens is 403 g/mol. The van der Waals surface area contributed by atoms with Crippen molar-refractivity contribution >= 4 is 29.0 Å². The molecule has 0 aliphatic heterocycles. The first-order valence-corrected chi connectivity index (χ1v) is 10.9. The van der Waals surface area contributed by atoms with Crippen LogP contribution in [0.5, 0.6) is 0 Å². The zero-order valence-corrected chi connectivity index (χ0v) is 17.1. The number of benzene rings is 3. The molecule has 4 rings (SSSR count). The number of carbonyl (C=O) groups excluding carboxylic acids is 1. The largest absolute Gasteiger partial charge is 1.00 e. The van der Waals surface area contributed by atoms with Crippen molar-refractivity contribution in [2.24, 2.45) is 5.92 Å². The third-order valence-electron chi connectivity index (χ3n) is 5.02. The summed E-state index contributed by atoms with van der Waals surface area (Å²) in [5, 5.41) is 3.88. The molecule has 0 bridgehead atoms. The zero-order chi connectivity index (χ0) is 17.1. The fourth-order valence-electron chi connectivity index (χ4n) is 3.54. The topological polar surface area (TPSA) is 17.1 Å². The Morgan fingerprint density at radius 1 is 0.692 bits per heavy atom. The molecular formula is C23H22BrOP. The lowest BCUT2D eigenvalue weighted by Gasteiger charge is -2.27. The summed E-state index contributed by atoms with van der Waals surface area (Å²) in [7, 11) is -1.97. The molecule has 0 saturated heterocycles. The van der Waals surface area contributed by atoms with E-state index in [2.05, 4.69) is 91.0 Å². The van der Waals surface area contributed by atoms with E-state index in [4.69, 9.17) is 0 Å². The highest BCUT2D eigenvalue weighted by molar-refractivity contribution is 7.96. The number of ketones is 1. The highest BCUT2D eigenvalue weighted by Crippen LogP contribution is 2.56. The van der Waals surface area contributed by atoms with E-state index in [1.165, 1.54) is 15.9 Å². The van der Waals surface area contributed by atoms with Crippen molar-refractivity contribution in [3.8, 4) is 0 Å². The maximum Gasteiger partial charge on any atom is 0.174 e. The molecule has 1 aliphatic rings. The van der Waals surface area contributed by atoms with Crippen molar-refractivity contribution in [2.75, 3.05) is 6.16 Å². The van der Waals surface area contributed by atoms with Gasteiger partial charge >= 0.3 is 0 Å². The van der Waals surface area contributed by atoms with Crippen LogP contribution in [-0.4, -0.2) is 11.9 Å². The van der Waals surface area contributed by atoms with Gasteiger partial charge in [0.05, 0.1) is 0 Å². The lowest BCUT2D eigenvalue weighted by atomic mass is 10.3. The van der Waals surface area contributed by atoms with Crippen molar-refractivity contribution in [3.63, 3.8) is 0 Å². The quantitative estimate of drug-likeness (QED) is 0.538. The van der Waals surface area contributed by atoms with E-state index >= 15 is 0 Å². The smallest absolute Gasteiger partial charge is 0.174 e. The number of halogens is 1. The van der Waals surface area contributed by atoms with E-state index in [0.717, 1.165) is 12.8 Å². The summed E-state index contributed by atoms with van der Waals surface area (Å²) in [4.78, 5) is 13.0. The van der Waals surface area contributed by atoms with E-state index < -0.39 is 7.26 Å². The van der Waals surface area contributed by atoms with E-state index in [0.29, 0.717) is 11.9 Å². The molecule has 3 aromatic rings. The van der Waals surface area contributed by atoms with Gasteiger partial charge in [-0.25, -0.2) is 0 Å². The van der Waals surface area contributed by atoms with Crippen LogP contribution >= 0.6 is 7.26 Å².